The Morgan fingerprint density at radius 1 is 0.789 bits per heavy atom. The van der Waals surface area contributed by atoms with Crippen molar-refractivity contribution in [1.82, 2.24) is 10.6 Å². The number of hydrogen-bond donors (Lipinski definition) is 5. The molecule has 2 unspecified atom stereocenters. The summed E-state index contributed by atoms with van der Waals surface area (Å²) in [7, 11) is 0. The summed E-state index contributed by atoms with van der Waals surface area (Å²) in [5.74, 6) is 1.13. The molecule has 0 spiro atoms. The van der Waals surface area contributed by atoms with Crippen molar-refractivity contribution in [1.29, 1.82) is 0 Å². The fraction of sp³-hybridized carbons (Fsp3) is 0.433. The maximum Gasteiger partial charge on any atom is 0.221 e. The number of ether oxygens (including phenoxy) is 2. The van der Waals surface area contributed by atoms with Crippen LogP contribution in [0.3, 0.4) is 0 Å². The lowest BCUT2D eigenvalue weighted by Gasteiger charge is -2.15. The molecule has 1 amide bonds. The number of nitrogens with two attached hydrogens (primary N) is 1. The van der Waals surface area contributed by atoms with Crippen molar-refractivity contribution in [3.8, 4) is 11.5 Å². The quantitative estimate of drug-likeness (QED) is 0.219. The summed E-state index contributed by atoms with van der Waals surface area (Å²) in [6, 6.07) is 21.9. The topological polar surface area (TPSA) is 126 Å². The summed E-state index contributed by atoms with van der Waals surface area (Å²) in [6.07, 6.45) is -0.824. The lowest BCUT2D eigenvalue weighted by molar-refractivity contribution is -0.117. The first-order valence-corrected chi connectivity index (χ1v) is 13.1. The second-order valence-electron chi connectivity index (χ2n) is 9.82. The Bertz CT molecular complexity index is 1080. The summed E-state index contributed by atoms with van der Waals surface area (Å²) in [5.41, 5.74) is 5.96. The molecule has 0 aliphatic carbocycles. The van der Waals surface area contributed by atoms with E-state index in [1.165, 1.54) is 0 Å². The molecule has 0 radical (unpaired) electrons. The zero-order valence-corrected chi connectivity index (χ0v) is 22.9. The third kappa shape index (κ3) is 12.4. The number of rotatable bonds is 14. The van der Waals surface area contributed by atoms with Crippen molar-refractivity contribution in [2.75, 3.05) is 26.3 Å². The smallest absolute Gasteiger partial charge is 0.221 e. The highest BCUT2D eigenvalue weighted by molar-refractivity contribution is 5.88. The number of fused-ring (bicyclic) bond motifs is 1. The Kier molecular flexibility index (Phi) is 13.6. The minimum atomic E-state index is -0.548. The van der Waals surface area contributed by atoms with Crippen molar-refractivity contribution in [3.05, 3.63) is 72.3 Å². The van der Waals surface area contributed by atoms with Crippen LogP contribution < -0.4 is 25.8 Å². The number of carbonyl (C=O) groups is 1. The molecule has 2 atom stereocenters. The molecule has 8 nitrogen and oxygen atoms in total. The summed E-state index contributed by atoms with van der Waals surface area (Å²) in [6.45, 7) is 9.72. The number of carbonyl (C=O) groups excluding carboxylic acids is 1. The van der Waals surface area contributed by atoms with Crippen LogP contribution in [0.25, 0.3) is 10.8 Å². The van der Waals surface area contributed by atoms with Gasteiger partial charge in [-0.25, -0.2) is 0 Å². The molecule has 3 aromatic rings. The molecule has 3 rings (SSSR count). The van der Waals surface area contributed by atoms with Gasteiger partial charge in [0.2, 0.25) is 5.91 Å². The van der Waals surface area contributed by atoms with E-state index in [2.05, 4.69) is 36.6 Å². The van der Waals surface area contributed by atoms with Crippen LogP contribution >= 0.6 is 0 Å². The lowest BCUT2D eigenvalue weighted by atomic mass is 10.1. The van der Waals surface area contributed by atoms with E-state index in [1.54, 1.807) is 24.3 Å². The first kappa shape index (κ1) is 31.1. The van der Waals surface area contributed by atoms with Gasteiger partial charge in [0.1, 0.15) is 36.9 Å². The van der Waals surface area contributed by atoms with Gasteiger partial charge in [0.05, 0.1) is 6.42 Å². The van der Waals surface area contributed by atoms with Crippen LogP contribution in [-0.2, 0) is 11.2 Å². The molecular formula is C30H43N3O5. The molecule has 0 fully saturated rings. The zero-order valence-electron chi connectivity index (χ0n) is 22.9. The lowest BCUT2D eigenvalue weighted by Crippen LogP contribution is -2.35. The molecular weight excluding hydrogens is 482 g/mol. The molecule has 0 aliphatic rings. The number of primary amides is 1. The number of nitrogens with one attached hydrogen (secondary N) is 2. The fourth-order valence-electron chi connectivity index (χ4n) is 3.47. The van der Waals surface area contributed by atoms with Gasteiger partial charge in [-0.15, -0.1) is 0 Å². The second-order valence-corrected chi connectivity index (χ2v) is 9.82. The average Bonchev–Trinajstić information content (AvgIpc) is 2.89. The van der Waals surface area contributed by atoms with Crippen molar-refractivity contribution < 1.29 is 24.5 Å². The van der Waals surface area contributed by atoms with Gasteiger partial charge in [-0.1, -0.05) is 76.2 Å². The predicted octanol–water partition coefficient (Wildman–Crippen LogP) is 3.03. The SMILES string of the molecule is CC(C)NCC(O)COc1ccc(CC(N)=O)cc1.CC(C)NCC(O)COc1cccc2ccccc12. The third-order valence-electron chi connectivity index (χ3n) is 5.45. The van der Waals surface area contributed by atoms with Crippen LogP contribution in [0, 0.1) is 0 Å². The number of hydrogen-bond acceptors (Lipinski definition) is 7. The van der Waals surface area contributed by atoms with Gasteiger partial charge in [0, 0.05) is 30.6 Å². The number of aliphatic hydroxyl groups excluding tert-OH is 2. The summed E-state index contributed by atoms with van der Waals surface area (Å²) >= 11 is 0. The molecule has 3 aromatic carbocycles. The Morgan fingerprint density at radius 2 is 1.34 bits per heavy atom. The van der Waals surface area contributed by atoms with Crippen LogP contribution in [-0.4, -0.2) is 66.7 Å². The van der Waals surface area contributed by atoms with Crippen molar-refractivity contribution in [3.63, 3.8) is 0 Å². The summed E-state index contributed by atoms with van der Waals surface area (Å²) < 4.78 is 11.2. The number of amides is 1. The van der Waals surface area contributed by atoms with Gasteiger partial charge in [0.15, 0.2) is 0 Å². The molecule has 6 N–H and O–H groups in total. The monoisotopic (exact) mass is 525 g/mol. The minimum Gasteiger partial charge on any atom is -0.491 e. The van der Waals surface area contributed by atoms with E-state index < -0.39 is 12.2 Å². The average molecular weight is 526 g/mol. The molecule has 0 saturated heterocycles. The Morgan fingerprint density at radius 3 is 1.92 bits per heavy atom. The van der Waals surface area contributed by atoms with E-state index in [9.17, 15) is 15.0 Å². The number of benzene rings is 3. The maximum absolute atomic E-state index is 10.7. The van der Waals surface area contributed by atoms with Crippen molar-refractivity contribution >= 4 is 16.7 Å². The summed E-state index contributed by atoms with van der Waals surface area (Å²) in [5, 5.41) is 28.1. The Labute approximate surface area is 226 Å². The van der Waals surface area contributed by atoms with Crippen molar-refractivity contribution in [2.45, 2.75) is 58.4 Å². The molecule has 0 aromatic heterocycles. The maximum atomic E-state index is 10.7. The molecule has 0 bridgehead atoms. The van der Waals surface area contributed by atoms with Gasteiger partial charge in [-0.05, 0) is 29.1 Å². The molecule has 0 aliphatic heterocycles. The number of aliphatic hydroxyl groups is 2. The summed E-state index contributed by atoms with van der Waals surface area (Å²) in [4.78, 5) is 10.7. The highest BCUT2D eigenvalue weighted by Gasteiger charge is 2.08. The van der Waals surface area contributed by atoms with Crippen LogP contribution in [0.15, 0.2) is 66.7 Å². The van der Waals surface area contributed by atoms with Crippen LogP contribution in [0.2, 0.25) is 0 Å². The molecule has 0 saturated carbocycles. The van der Waals surface area contributed by atoms with E-state index >= 15 is 0 Å². The Balaban J connectivity index is 0.000000267. The van der Waals surface area contributed by atoms with E-state index in [1.807, 2.05) is 44.2 Å². The highest BCUT2D eigenvalue weighted by atomic mass is 16.5. The van der Waals surface area contributed by atoms with Crippen LogP contribution in [0.1, 0.15) is 33.3 Å². The van der Waals surface area contributed by atoms with Crippen LogP contribution in [0.5, 0.6) is 11.5 Å². The molecule has 38 heavy (non-hydrogen) atoms. The molecule has 0 heterocycles. The van der Waals surface area contributed by atoms with Gasteiger partial charge < -0.3 is 36.1 Å². The van der Waals surface area contributed by atoms with E-state index in [0.29, 0.717) is 37.5 Å². The fourth-order valence-corrected chi connectivity index (χ4v) is 3.47. The third-order valence-corrected chi connectivity index (χ3v) is 5.45. The molecule has 8 heteroatoms. The van der Waals surface area contributed by atoms with E-state index in [-0.39, 0.29) is 18.9 Å². The highest BCUT2D eigenvalue weighted by Crippen LogP contribution is 2.25. The van der Waals surface area contributed by atoms with Crippen LogP contribution in [0.4, 0.5) is 0 Å². The normalized spacial score (nSPS) is 12.6. The van der Waals surface area contributed by atoms with E-state index in [4.69, 9.17) is 15.2 Å². The van der Waals surface area contributed by atoms with Gasteiger partial charge in [-0.3, -0.25) is 4.79 Å². The standard InChI is InChI=1S/C16H21NO2.C14H22N2O3/c1-12(2)17-10-14(18)11-19-16-9-5-7-13-6-3-4-8-15(13)16;1-10(2)16-8-12(17)9-19-13-5-3-11(4-6-13)7-14(15)18/h3-9,12,14,17-18H,10-11H2,1-2H3;3-6,10,12,16-17H,7-9H2,1-2H3,(H2,15,18). The minimum absolute atomic E-state index is 0.223. The van der Waals surface area contributed by atoms with Crippen molar-refractivity contribution in [2.24, 2.45) is 5.73 Å². The largest absolute Gasteiger partial charge is 0.491 e. The second kappa shape index (κ2) is 16.6. The predicted molar refractivity (Wildman–Crippen MR) is 153 cm³/mol. The molecule has 208 valence electrons. The van der Waals surface area contributed by atoms with Gasteiger partial charge in [0.25, 0.3) is 0 Å². The Hall–Kier alpha value is -3.17. The zero-order chi connectivity index (χ0) is 27.9. The first-order chi connectivity index (χ1) is 18.1. The van der Waals surface area contributed by atoms with Gasteiger partial charge >= 0.3 is 0 Å². The van der Waals surface area contributed by atoms with E-state index in [0.717, 1.165) is 22.1 Å². The van der Waals surface area contributed by atoms with Gasteiger partial charge in [-0.2, -0.15) is 0 Å². The first-order valence-electron chi connectivity index (χ1n) is 13.1.